The molecule has 0 spiro atoms. The molecule has 2 aromatic carbocycles. The van der Waals surface area contributed by atoms with E-state index >= 15 is 0 Å². The number of para-hydroxylation sites is 1. The highest BCUT2D eigenvalue weighted by atomic mass is 35.5. The van der Waals surface area contributed by atoms with Gasteiger partial charge in [-0.2, -0.15) is 0 Å². The second-order valence-electron chi connectivity index (χ2n) is 5.60. The van der Waals surface area contributed by atoms with Gasteiger partial charge in [-0.05, 0) is 25.1 Å². The fourth-order valence-electron chi connectivity index (χ4n) is 2.28. The second-order valence-corrected chi connectivity index (χ2v) is 5.60. The average Bonchev–Trinajstić information content (AvgIpc) is 2.47. The maximum Gasteiger partial charge on any atom is 0.225 e. The highest BCUT2D eigenvalue weighted by Crippen LogP contribution is 2.25. The predicted octanol–water partition coefficient (Wildman–Crippen LogP) is 3.04. The molecule has 1 aliphatic rings. The molecule has 0 unspecified atom stereocenters. The van der Waals surface area contributed by atoms with E-state index in [1.165, 1.54) is 5.56 Å². The molecule has 1 aliphatic heterocycles. The van der Waals surface area contributed by atoms with Gasteiger partial charge in [0, 0.05) is 25.2 Å². The molecule has 0 saturated carbocycles. The molecule has 4 nitrogen and oxygen atoms in total. The van der Waals surface area contributed by atoms with E-state index in [0.717, 1.165) is 30.2 Å². The smallest absolute Gasteiger partial charge is 0.225 e. The van der Waals surface area contributed by atoms with Crippen LogP contribution in [0.1, 0.15) is 11.1 Å². The summed E-state index contributed by atoms with van der Waals surface area (Å²) in [6.07, 6.45) is 0. The van der Waals surface area contributed by atoms with Gasteiger partial charge in [0.2, 0.25) is 5.91 Å². The van der Waals surface area contributed by atoms with Crippen LogP contribution in [0.3, 0.4) is 0 Å². The monoisotopic (exact) mass is 332 g/mol. The van der Waals surface area contributed by atoms with Gasteiger partial charge in [0.25, 0.3) is 0 Å². The van der Waals surface area contributed by atoms with E-state index in [-0.39, 0.29) is 24.2 Å². The third kappa shape index (κ3) is 4.47. The van der Waals surface area contributed by atoms with Gasteiger partial charge in [0.05, 0.1) is 5.92 Å². The first-order valence-electron chi connectivity index (χ1n) is 7.53. The number of halogens is 1. The molecular weight excluding hydrogens is 312 g/mol. The third-order valence-corrected chi connectivity index (χ3v) is 3.83. The van der Waals surface area contributed by atoms with Crippen LogP contribution in [0.4, 0.5) is 0 Å². The average molecular weight is 333 g/mol. The first kappa shape index (κ1) is 17.3. The number of ether oxygens (including phenoxy) is 1. The van der Waals surface area contributed by atoms with Crippen molar-refractivity contribution in [3.05, 3.63) is 59.7 Å². The number of hydrogen-bond acceptors (Lipinski definition) is 3. The summed E-state index contributed by atoms with van der Waals surface area (Å²) in [6, 6.07) is 15.7. The molecule has 1 fully saturated rings. The number of benzene rings is 2. The van der Waals surface area contributed by atoms with E-state index in [2.05, 4.69) is 10.6 Å². The molecule has 5 heteroatoms. The zero-order valence-electron chi connectivity index (χ0n) is 13.0. The van der Waals surface area contributed by atoms with Crippen molar-refractivity contribution in [1.82, 2.24) is 10.6 Å². The number of nitrogens with one attached hydrogen (secondary N) is 2. The minimum Gasteiger partial charge on any atom is -0.457 e. The van der Waals surface area contributed by atoms with E-state index in [1.54, 1.807) is 0 Å². The quantitative estimate of drug-likeness (QED) is 0.884. The summed E-state index contributed by atoms with van der Waals surface area (Å²) in [5, 5.41) is 6.08. The number of amides is 1. The van der Waals surface area contributed by atoms with Crippen molar-refractivity contribution in [3.63, 3.8) is 0 Å². The maximum atomic E-state index is 11.9. The fraction of sp³-hybridized carbons (Fsp3) is 0.278. The van der Waals surface area contributed by atoms with Crippen LogP contribution in [0.5, 0.6) is 11.5 Å². The second kappa shape index (κ2) is 7.99. The Balaban J connectivity index is 0.00000192. The van der Waals surface area contributed by atoms with Crippen molar-refractivity contribution in [2.75, 3.05) is 13.1 Å². The molecule has 1 heterocycles. The third-order valence-electron chi connectivity index (χ3n) is 3.83. The van der Waals surface area contributed by atoms with E-state index in [9.17, 15) is 4.79 Å². The number of aryl methyl sites for hydroxylation is 1. The van der Waals surface area contributed by atoms with Crippen LogP contribution in [-0.2, 0) is 11.3 Å². The SMILES string of the molecule is Cc1ccc(Oc2ccccc2CNC(=O)C2CNC2)cc1.Cl. The molecular formula is C18H21ClN2O2. The first-order valence-corrected chi connectivity index (χ1v) is 7.53. The lowest BCUT2D eigenvalue weighted by molar-refractivity contribution is -0.126. The molecule has 0 atom stereocenters. The van der Waals surface area contributed by atoms with Crippen molar-refractivity contribution < 1.29 is 9.53 Å². The van der Waals surface area contributed by atoms with Crippen LogP contribution in [-0.4, -0.2) is 19.0 Å². The molecule has 2 N–H and O–H groups in total. The van der Waals surface area contributed by atoms with Gasteiger partial charge in [0.15, 0.2) is 0 Å². The van der Waals surface area contributed by atoms with Crippen LogP contribution in [0.2, 0.25) is 0 Å². The van der Waals surface area contributed by atoms with E-state index in [1.807, 2.05) is 55.5 Å². The Hall–Kier alpha value is -2.04. The van der Waals surface area contributed by atoms with Gasteiger partial charge in [-0.15, -0.1) is 12.4 Å². The Labute approximate surface area is 142 Å². The Morgan fingerprint density at radius 1 is 1.17 bits per heavy atom. The molecule has 1 saturated heterocycles. The summed E-state index contributed by atoms with van der Waals surface area (Å²) in [7, 11) is 0. The molecule has 2 aromatic rings. The summed E-state index contributed by atoms with van der Waals surface area (Å²) < 4.78 is 5.93. The van der Waals surface area contributed by atoms with E-state index in [0.29, 0.717) is 6.54 Å². The summed E-state index contributed by atoms with van der Waals surface area (Å²) >= 11 is 0. The minimum absolute atomic E-state index is 0. The van der Waals surface area contributed by atoms with Crippen LogP contribution < -0.4 is 15.4 Å². The van der Waals surface area contributed by atoms with Gasteiger partial charge in [-0.3, -0.25) is 4.79 Å². The van der Waals surface area contributed by atoms with E-state index in [4.69, 9.17) is 4.74 Å². The number of rotatable bonds is 5. The van der Waals surface area contributed by atoms with Crippen molar-refractivity contribution in [3.8, 4) is 11.5 Å². The van der Waals surface area contributed by atoms with Crippen LogP contribution >= 0.6 is 12.4 Å². The Kier molecular flexibility index (Phi) is 6.02. The number of carbonyl (C=O) groups excluding carboxylic acids is 1. The predicted molar refractivity (Wildman–Crippen MR) is 93.1 cm³/mol. The number of carbonyl (C=O) groups is 1. The lowest BCUT2D eigenvalue weighted by atomic mass is 10.0. The largest absolute Gasteiger partial charge is 0.457 e. The van der Waals surface area contributed by atoms with Gasteiger partial charge < -0.3 is 15.4 Å². The zero-order chi connectivity index (χ0) is 15.4. The summed E-state index contributed by atoms with van der Waals surface area (Å²) in [5.41, 5.74) is 2.17. The maximum absolute atomic E-state index is 11.9. The first-order chi connectivity index (χ1) is 10.7. The molecule has 1 amide bonds. The van der Waals surface area contributed by atoms with Crippen molar-refractivity contribution >= 4 is 18.3 Å². The zero-order valence-corrected chi connectivity index (χ0v) is 13.9. The Bertz CT molecular complexity index is 654. The van der Waals surface area contributed by atoms with Crippen LogP contribution in [0.25, 0.3) is 0 Å². The van der Waals surface area contributed by atoms with E-state index < -0.39 is 0 Å². The van der Waals surface area contributed by atoms with Crippen molar-refractivity contribution in [2.24, 2.45) is 5.92 Å². The molecule has 0 radical (unpaired) electrons. The van der Waals surface area contributed by atoms with Crippen molar-refractivity contribution in [2.45, 2.75) is 13.5 Å². The summed E-state index contributed by atoms with van der Waals surface area (Å²) in [6.45, 7) is 4.07. The topological polar surface area (TPSA) is 50.4 Å². The van der Waals surface area contributed by atoms with Gasteiger partial charge >= 0.3 is 0 Å². The Morgan fingerprint density at radius 3 is 2.52 bits per heavy atom. The normalized spacial score (nSPS) is 13.6. The molecule has 0 aliphatic carbocycles. The molecule has 3 rings (SSSR count). The molecule has 122 valence electrons. The Morgan fingerprint density at radius 2 is 1.87 bits per heavy atom. The lowest BCUT2D eigenvalue weighted by Gasteiger charge is -2.25. The van der Waals surface area contributed by atoms with Gasteiger partial charge in [-0.1, -0.05) is 35.9 Å². The fourth-order valence-corrected chi connectivity index (χ4v) is 2.28. The lowest BCUT2D eigenvalue weighted by Crippen LogP contribution is -2.50. The van der Waals surface area contributed by atoms with Crippen LogP contribution in [0.15, 0.2) is 48.5 Å². The summed E-state index contributed by atoms with van der Waals surface area (Å²) in [5.74, 6) is 1.78. The highest BCUT2D eigenvalue weighted by molar-refractivity contribution is 5.85. The molecule has 0 bridgehead atoms. The minimum atomic E-state index is 0. The van der Waals surface area contributed by atoms with Gasteiger partial charge in [-0.25, -0.2) is 0 Å². The summed E-state index contributed by atoms with van der Waals surface area (Å²) in [4.78, 5) is 11.9. The van der Waals surface area contributed by atoms with Crippen LogP contribution in [0, 0.1) is 12.8 Å². The molecule has 23 heavy (non-hydrogen) atoms. The molecule has 0 aromatic heterocycles. The standard InChI is InChI=1S/C18H20N2O2.ClH/c1-13-6-8-16(9-7-13)22-17-5-3-2-4-14(17)12-20-18(21)15-10-19-11-15;/h2-9,15,19H,10-12H2,1H3,(H,20,21);1H. The number of hydrogen-bond donors (Lipinski definition) is 2. The van der Waals surface area contributed by atoms with Gasteiger partial charge in [0.1, 0.15) is 11.5 Å². The highest BCUT2D eigenvalue weighted by Gasteiger charge is 2.24. The van der Waals surface area contributed by atoms with Crippen molar-refractivity contribution in [1.29, 1.82) is 0 Å².